The molecule has 1 aromatic carbocycles. The van der Waals surface area contributed by atoms with E-state index in [0.717, 1.165) is 68.6 Å². The van der Waals surface area contributed by atoms with Crippen LogP contribution < -0.4 is 9.47 Å². The lowest BCUT2D eigenvalue weighted by molar-refractivity contribution is -0.159. The smallest absolute Gasteiger partial charge is 0.342 e. The molecule has 63 heavy (non-hydrogen) atoms. The van der Waals surface area contributed by atoms with Crippen molar-refractivity contribution in [1.82, 2.24) is 0 Å². The lowest BCUT2D eigenvalue weighted by atomic mass is 9.69. The number of hydrogen-bond donors (Lipinski definition) is 0. The molecule has 0 N–H and O–H groups in total. The summed E-state index contributed by atoms with van der Waals surface area (Å²) in [6.45, 7) is 12.6. The molecule has 1 aromatic rings. The predicted octanol–water partition coefficient (Wildman–Crippen LogP) is 9.87. The second kappa shape index (κ2) is 24.4. The molecule has 0 spiro atoms. The fourth-order valence-corrected chi connectivity index (χ4v) is 10.4. The van der Waals surface area contributed by atoms with Gasteiger partial charge in [-0.25, -0.2) is 19.2 Å². The van der Waals surface area contributed by atoms with Gasteiger partial charge in [-0.1, -0.05) is 72.1 Å². The van der Waals surface area contributed by atoms with Gasteiger partial charge in [-0.15, -0.1) is 0 Å². The van der Waals surface area contributed by atoms with Gasteiger partial charge in [0.25, 0.3) is 0 Å². The molecule has 0 unspecified atom stereocenters. The molecule has 0 atom stereocenters. The zero-order valence-corrected chi connectivity index (χ0v) is 37.7. The number of carbonyl (C=O) groups excluding carboxylic acids is 6. The van der Waals surface area contributed by atoms with Gasteiger partial charge in [-0.3, -0.25) is 9.59 Å². The first-order valence-electron chi connectivity index (χ1n) is 23.5. The average Bonchev–Trinajstić information content (AvgIpc) is 3.33. The van der Waals surface area contributed by atoms with Crippen LogP contribution in [-0.2, 0) is 42.9 Å². The van der Waals surface area contributed by atoms with E-state index < -0.39 is 61.7 Å². The van der Waals surface area contributed by atoms with Gasteiger partial charge in [0.05, 0.1) is 11.8 Å². The number of rotatable bonds is 20. The molecule has 0 saturated heterocycles. The number of hydrogen-bond acceptors (Lipinski definition) is 12. The highest BCUT2D eigenvalue weighted by atomic mass is 16.6. The lowest BCUT2D eigenvalue weighted by Crippen LogP contribution is -2.43. The molecule has 4 aliphatic rings. The summed E-state index contributed by atoms with van der Waals surface area (Å²) in [6.07, 6.45) is 22.0. The van der Waals surface area contributed by atoms with E-state index in [1.807, 2.05) is 0 Å². The number of esters is 6. The van der Waals surface area contributed by atoms with Crippen LogP contribution in [0.2, 0.25) is 0 Å². The Labute approximate surface area is 373 Å². The molecule has 346 valence electrons. The van der Waals surface area contributed by atoms with Crippen LogP contribution in [0.25, 0.3) is 0 Å². The molecular weight excluding hydrogens is 805 g/mol. The lowest BCUT2D eigenvalue weighted by Gasteiger charge is -2.37. The predicted molar refractivity (Wildman–Crippen MR) is 236 cm³/mol. The van der Waals surface area contributed by atoms with Crippen molar-refractivity contribution >= 4 is 35.8 Å². The molecule has 4 aliphatic carbocycles. The Morgan fingerprint density at radius 2 is 0.889 bits per heavy atom. The van der Waals surface area contributed by atoms with E-state index in [1.165, 1.54) is 82.4 Å². The van der Waals surface area contributed by atoms with Crippen molar-refractivity contribution in [2.24, 2.45) is 52.8 Å². The molecule has 0 aliphatic heterocycles. The molecule has 0 radical (unpaired) electrons. The van der Waals surface area contributed by atoms with Gasteiger partial charge in [0.1, 0.15) is 48.9 Å². The van der Waals surface area contributed by atoms with Gasteiger partial charge < -0.3 is 28.4 Å². The SMILES string of the molecule is C=CC(=O)OCC(COC(=O)C=C)(COC(=O)C=C)COC(=O)c1cc(OC(=O)C2CCC(C3CCC(CC)CC3)CC2)ccc1OC(=O)C1CCC(C2CCC(CC)CC2)CC1. The first-order chi connectivity index (χ1) is 30.4. The monoisotopic (exact) mass is 874 g/mol. The summed E-state index contributed by atoms with van der Waals surface area (Å²) in [7, 11) is 0. The van der Waals surface area contributed by atoms with Gasteiger partial charge in [-0.05, 0) is 131 Å². The maximum Gasteiger partial charge on any atom is 0.342 e. The van der Waals surface area contributed by atoms with E-state index in [0.29, 0.717) is 36.5 Å². The van der Waals surface area contributed by atoms with Gasteiger partial charge >= 0.3 is 35.8 Å². The Morgan fingerprint density at radius 1 is 0.524 bits per heavy atom. The Bertz CT molecular complexity index is 1690. The largest absolute Gasteiger partial charge is 0.462 e. The Hall–Kier alpha value is -4.74. The molecule has 12 nitrogen and oxygen atoms in total. The minimum absolute atomic E-state index is 0.0797. The van der Waals surface area contributed by atoms with Gasteiger partial charge in [0.2, 0.25) is 0 Å². The Morgan fingerprint density at radius 3 is 1.27 bits per heavy atom. The van der Waals surface area contributed by atoms with Crippen LogP contribution in [0.4, 0.5) is 0 Å². The highest BCUT2D eigenvalue weighted by Crippen LogP contribution is 2.44. The number of carbonyl (C=O) groups is 6. The van der Waals surface area contributed by atoms with Gasteiger partial charge in [-0.2, -0.15) is 0 Å². The highest BCUT2D eigenvalue weighted by Gasteiger charge is 2.39. The molecule has 12 heteroatoms. The summed E-state index contributed by atoms with van der Waals surface area (Å²) in [5, 5.41) is 0. The minimum Gasteiger partial charge on any atom is -0.462 e. The number of ether oxygens (including phenoxy) is 6. The molecule has 0 heterocycles. The van der Waals surface area contributed by atoms with Crippen molar-refractivity contribution in [3.05, 3.63) is 61.7 Å². The van der Waals surface area contributed by atoms with E-state index in [9.17, 15) is 28.8 Å². The van der Waals surface area contributed by atoms with E-state index in [2.05, 4.69) is 33.6 Å². The molecule has 0 aromatic heterocycles. The van der Waals surface area contributed by atoms with E-state index in [-0.39, 0.29) is 34.9 Å². The minimum atomic E-state index is -1.60. The maximum atomic E-state index is 14.2. The standard InChI is InChI=1S/C51H70O12/c1-6-34-11-15-36(16-12-34)38-19-23-40(24-20-38)48(55)62-42-27-28-44(63-49(56)41-25-21-39(22-26-41)37-17-13-35(7-2)14-18-37)43(29-42)50(57)61-33-51(30-58-45(52)8-3,31-59-46(53)9-4)32-60-47(54)10-5/h8-10,27-29,34-41H,3-7,11-26,30-33H2,1-2H3. The van der Waals surface area contributed by atoms with Crippen LogP contribution in [0.3, 0.4) is 0 Å². The molecule has 4 fully saturated rings. The van der Waals surface area contributed by atoms with E-state index >= 15 is 0 Å². The first-order valence-corrected chi connectivity index (χ1v) is 23.5. The molecule has 4 saturated carbocycles. The fourth-order valence-electron chi connectivity index (χ4n) is 10.4. The molecule has 5 rings (SSSR count). The summed E-state index contributed by atoms with van der Waals surface area (Å²) >= 11 is 0. The van der Waals surface area contributed by atoms with Crippen LogP contribution in [0, 0.1) is 52.8 Å². The third kappa shape index (κ3) is 14.4. The third-order valence-corrected chi connectivity index (χ3v) is 14.7. The summed E-state index contributed by atoms with van der Waals surface area (Å²) < 4.78 is 33.5. The van der Waals surface area contributed by atoms with Gasteiger partial charge in [0.15, 0.2) is 0 Å². The number of benzene rings is 1. The average molecular weight is 875 g/mol. The highest BCUT2D eigenvalue weighted by molar-refractivity contribution is 5.94. The zero-order chi connectivity index (χ0) is 45.4. The Balaban J connectivity index is 1.31. The van der Waals surface area contributed by atoms with Crippen molar-refractivity contribution in [3.63, 3.8) is 0 Å². The van der Waals surface area contributed by atoms with Crippen LogP contribution in [0.15, 0.2) is 56.2 Å². The van der Waals surface area contributed by atoms with E-state index in [4.69, 9.17) is 28.4 Å². The topological polar surface area (TPSA) is 158 Å². The van der Waals surface area contributed by atoms with Crippen molar-refractivity contribution in [3.8, 4) is 11.5 Å². The quantitative estimate of drug-likeness (QED) is 0.0529. The second-order valence-corrected chi connectivity index (χ2v) is 18.6. The maximum absolute atomic E-state index is 14.2. The summed E-state index contributed by atoms with van der Waals surface area (Å²) in [5.74, 6) is -0.688. The molecular formula is C51H70O12. The van der Waals surface area contributed by atoms with Crippen LogP contribution in [0.1, 0.15) is 140 Å². The van der Waals surface area contributed by atoms with Crippen molar-refractivity contribution in [2.45, 2.75) is 129 Å². The van der Waals surface area contributed by atoms with Crippen molar-refractivity contribution in [1.29, 1.82) is 0 Å². The molecule has 0 amide bonds. The first kappa shape index (κ1) is 49.3. The van der Waals surface area contributed by atoms with Crippen molar-refractivity contribution in [2.75, 3.05) is 26.4 Å². The fraction of sp³-hybridized carbons (Fsp3) is 0.647. The van der Waals surface area contributed by atoms with Crippen LogP contribution in [0.5, 0.6) is 11.5 Å². The van der Waals surface area contributed by atoms with Crippen LogP contribution in [-0.4, -0.2) is 62.2 Å². The normalized spacial score (nSPS) is 26.2. The summed E-state index contributed by atoms with van der Waals surface area (Å²) in [4.78, 5) is 78.0. The summed E-state index contributed by atoms with van der Waals surface area (Å²) in [6, 6.07) is 4.25. The molecule has 0 bridgehead atoms. The van der Waals surface area contributed by atoms with Crippen molar-refractivity contribution < 1.29 is 57.2 Å². The van der Waals surface area contributed by atoms with Crippen LogP contribution >= 0.6 is 0 Å². The third-order valence-electron chi connectivity index (χ3n) is 14.7. The van der Waals surface area contributed by atoms with Gasteiger partial charge in [0, 0.05) is 18.2 Å². The zero-order valence-electron chi connectivity index (χ0n) is 37.7. The second-order valence-electron chi connectivity index (χ2n) is 18.6. The van der Waals surface area contributed by atoms with E-state index in [1.54, 1.807) is 0 Å². The summed E-state index contributed by atoms with van der Waals surface area (Å²) in [5.41, 5.74) is -1.79. The Kier molecular flexibility index (Phi) is 19.1.